The molecule has 1 aromatic carbocycles. The Labute approximate surface area is 123 Å². The van der Waals surface area contributed by atoms with Gasteiger partial charge in [0.25, 0.3) is 10.0 Å². The molecule has 2 rings (SSSR count). The van der Waals surface area contributed by atoms with Gasteiger partial charge in [0.1, 0.15) is 4.90 Å². The van der Waals surface area contributed by atoms with E-state index >= 15 is 0 Å². The molecule has 0 fully saturated rings. The van der Waals surface area contributed by atoms with Crippen LogP contribution in [-0.4, -0.2) is 31.1 Å². The lowest BCUT2D eigenvalue weighted by Crippen LogP contribution is -2.26. The first-order valence-corrected chi connectivity index (χ1v) is 8.07. The highest BCUT2D eigenvalue weighted by atomic mass is 35.5. The highest BCUT2D eigenvalue weighted by molar-refractivity contribution is 7.92. The van der Waals surface area contributed by atoms with Gasteiger partial charge < -0.3 is 0 Å². The summed E-state index contributed by atoms with van der Waals surface area (Å²) in [6, 6.07) is 7.33. The summed E-state index contributed by atoms with van der Waals surface area (Å²) in [7, 11) is -2.07. The van der Waals surface area contributed by atoms with E-state index in [9.17, 15) is 8.42 Å². The van der Waals surface area contributed by atoms with Crippen LogP contribution in [-0.2, 0) is 16.6 Å². The summed E-state index contributed by atoms with van der Waals surface area (Å²) in [5.41, 5.74) is 1.55. The molecule has 0 radical (unpaired) electrons. The van der Waals surface area contributed by atoms with E-state index in [-0.39, 0.29) is 4.90 Å². The molecule has 1 aromatic heterocycles. The summed E-state index contributed by atoms with van der Waals surface area (Å²) in [5, 5.41) is 4.00. The van der Waals surface area contributed by atoms with E-state index in [4.69, 9.17) is 11.6 Å². The number of hydrogen-bond acceptors (Lipinski definition) is 3. The number of aromatic nitrogens is 2. The van der Waals surface area contributed by atoms with Gasteiger partial charge in [0.15, 0.2) is 0 Å². The lowest BCUT2D eigenvalue weighted by molar-refractivity contribution is 0.593. The number of benzene rings is 1. The van der Waals surface area contributed by atoms with Gasteiger partial charge in [-0.25, -0.2) is 8.42 Å². The van der Waals surface area contributed by atoms with E-state index in [1.54, 1.807) is 6.07 Å². The zero-order valence-electron chi connectivity index (χ0n) is 11.3. The number of nitrogens with zero attached hydrogens (tertiary/aromatic N) is 3. The third kappa shape index (κ3) is 2.81. The number of halogens is 1. The quantitative estimate of drug-likeness (QED) is 0.796. The first kappa shape index (κ1) is 14.9. The normalized spacial score (nSPS) is 11.6. The van der Waals surface area contributed by atoms with Crippen LogP contribution in [0.1, 0.15) is 5.56 Å². The van der Waals surface area contributed by atoms with Crippen LogP contribution < -0.4 is 4.31 Å². The maximum absolute atomic E-state index is 12.5. The topological polar surface area (TPSA) is 55.2 Å². The van der Waals surface area contributed by atoms with Gasteiger partial charge in [-0.2, -0.15) is 5.10 Å². The Bertz CT molecular complexity index is 697. The molecule has 5 nitrogen and oxygen atoms in total. The molecule has 0 atom stereocenters. The number of alkyl halides is 1. The van der Waals surface area contributed by atoms with E-state index in [1.165, 1.54) is 28.4 Å². The molecule has 0 unspecified atom stereocenters. The average Bonchev–Trinajstić information content (AvgIpc) is 2.88. The maximum Gasteiger partial charge on any atom is 0.267 e. The fourth-order valence-corrected chi connectivity index (χ4v) is 3.28. The molecule has 0 saturated heterocycles. The van der Waals surface area contributed by atoms with E-state index in [0.29, 0.717) is 18.1 Å². The van der Waals surface area contributed by atoms with Gasteiger partial charge in [-0.3, -0.25) is 8.99 Å². The molecular formula is C13H16ClN3O2S. The van der Waals surface area contributed by atoms with E-state index < -0.39 is 10.0 Å². The number of sulfonamides is 1. The lowest BCUT2D eigenvalue weighted by atomic mass is 10.2. The molecule has 7 heteroatoms. The molecule has 0 aliphatic rings. The highest BCUT2D eigenvalue weighted by Crippen LogP contribution is 2.24. The minimum atomic E-state index is -3.61. The molecule has 108 valence electrons. The van der Waals surface area contributed by atoms with Gasteiger partial charge in [0.05, 0.1) is 18.4 Å². The monoisotopic (exact) mass is 313 g/mol. The molecule has 0 amide bonds. The van der Waals surface area contributed by atoms with E-state index in [1.807, 2.05) is 25.1 Å². The summed E-state index contributed by atoms with van der Waals surface area (Å²) >= 11 is 5.62. The molecule has 0 saturated carbocycles. The first-order chi connectivity index (χ1) is 9.46. The van der Waals surface area contributed by atoms with Gasteiger partial charge in [-0.15, -0.1) is 11.6 Å². The highest BCUT2D eigenvalue weighted by Gasteiger charge is 2.23. The zero-order chi connectivity index (χ0) is 14.8. The van der Waals surface area contributed by atoms with E-state index in [0.717, 1.165) is 5.56 Å². The molecule has 0 aliphatic heterocycles. The number of rotatable bonds is 5. The maximum atomic E-state index is 12.5. The van der Waals surface area contributed by atoms with Crippen LogP contribution in [0.25, 0.3) is 0 Å². The molecule has 1 heterocycles. The van der Waals surface area contributed by atoms with Crippen LogP contribution in [0.15, 0.2) is 41.6 Å². The molecule has 0 aliphatic carbocycles. The van der Waals surface area contributed by atoms with Gasteiger partial charge in [0.2, 0.25) is 0 Å². The Hall–Kier alpha value is -1.53. The van der Waals surface area contributed by atoms with Gasteiger partial charge in [-0.1, -0.05) is 18.2 Å². The second kappa shape index (κ2) is 5.85. The summed E-state index contributed by atoms with van der Waals surface area (Å²) in [5.74, 6) is 0.384. The smallest absolute Gasteiger partial charge is 0.267 e. The van der Waals surface area contributed by atoms with Crippen molar-refractivity contribution in [2.75, 3.05) is 17.2 Å². The van der Waals surface area contributed by atoms with Crippen molar-refractivity contribution in [3.05, 3.63) is 42.2 Å². The van der Waals surface area contributed by atoms with Crippen LogP contribution in [0.2, 0.25) is 0 Å². The first-order valence-electron chi connectivity index (χ1n) is 6.10. The summed E-state index contributed by atoms with van der Waals surface area (Å²) < 4.78 is 27.9. The Morgan fingerprint density at radius 2 is 2.05 bits per heavy atom. The molecular weight excluding hydrogens is 298 g/mol. The number of hydrogen-bond donors (Lipinski definition) is 0. The molecule has 2 aromatic rings. The van der Waals surface area contributed by atoms with Crippen molar-refractivity contribution in [3.8, 4) is 0 Å². The Balaban J connectivity index is 2.36. The molecule has 0 N–H and O–H groups in total. The average molecular weight is 314 g/mol. The van der Waals surface area contributed by atoms with Crippen molar-refractivity contribution >= 4 is 27.3 Å². The fraction of sp³-hybridized carbons (Fsp3) is 0.308. The lowest BCUT2D eigenvalue weighted by Gasteiger charge is -2.20. The predicted molar refractivity (Wildman–Crippen MR) is 79.7 cm³/mol. The van der Waals surface area contributed by atoms with Gasteiger partial charge >= 0.3 is 0 Å². The summed E-state index contributed by atoms with van der Waals surface area (Å²) in [6.45, 7) is 2.35. The second-order valence-corrected chi connectivity index (χ2v) is 6.73. The number of aryl methyl sites for hydroxylation is 2. The van der Waals surface area contributed by atoms with Crippen molar-refractivity contribution < 1.29 is 8.42 Å². The standard InChI is InChI=1S/C13H16ClN3O2S/c1-11-5-3-4-6-13(11)16(2)20(18,19)12-9-15-17(10-12)8-7-14/h3-6,9-10H,7-8H2,1-2H3. The SMILES string of the molecule is Cc1ccccc1N(C)S(=O)(=O)c1cnn(CCCl)c1. The van der Waals surface area contributed by atoms with Crippen LogP contribution in [0.5, 0.6) is 0 Å². The minimum Gasteiger partial charge on any atom is -0.270 e. The largest absolute Gasteiger partial charge is 0.270 e. The summed E-state index contributed by atoms with van der Waals surface area (Å²) in [6.07, 6.45) is 2.84. The molecule has 0 spiro atoms. The van der Waals surface area contributed by atoms with Crippen molar-refractivity contribution in [1.29, 1.82) is 0 Å². The van der Waals surface area contributed by atoms with Crippen molar-refractivity contribution in [3.63, 3.8) is 0 Å². The predicted octanol–water partition coefficient (Wildman–Crippen LogP) is 2.26. The number of anilines is 1. The van der Waals surface area contributed by atoms with Crippen LogP contribution in [0.4, 0.5) is 5.69 Å². The molecule has 0 bridgehead atoms. The van der Waals surface area contributed by atoms with Crippen molar-refractivity contribution in [1.82, 2.24) is 9.78 Å². The van der Waals surface area contributed by atoms with Gasteiger partial charge in [-0.05, 0) is 18.6 Å². The van der Waals surface area contributed by atoms with Crippen LogP contribution in [0.3, 0.4) is 0 Å². The van der Waals surface area contributed by atoms with Crippen LogP contribution in [0, 0.1) is 6.92 Å². The van der Waals surface area contributed by atoms with Crippen LogP contribution >= 0.6 is 11.6 Å². The third-order valence-electron chi connectivity index (χ3n) is 3.04. The number of para-hydroxylation sites is 1. The second-order valence-electron chi connectivity index (χ2n) is 4.39. The minimum absolute atomic E-state index is 0.161. The Kier molecular flexibility index (Phi) is 4.35. The Morgan fingerprint density at radius 1 is 1.35 bits per heavy atom. The summed E-state index contributed by atoms with van der Waals surface area (Å²) in [4.78, 5) is 0.161. The van der Waals surface area contributed by atoms with Crippen molar-refractivity contribution in [2.24, 2.45) is 0 Å². The zero-order valence-corrected chi connectivity index (χ0v) is 12.9. The van der Waals surface area contributed by atoms with Crippen molar-refractivity contribution in [2.45, 2.75) is 18.4 Å². The Morgan fingerprint density at radius 3 is 2.70 bits per heavy atom. The third-order valence-corrected chi connectivity index (χ3v) is 4.93. The fourth-order valence-electron chi connectivity index (χ4n) is 1.89. The van der Waals surface area contributed by atoms with Gasteiger partial charge in [0, 0.05) is 19.1 Å². The molecule has 20 heavy (non-hydrogen) atoms. The van der Waals surface area contributed by atoms with E-state index in [2.05, 4.69) is 5.10 Å².